The second kappa shape index (κ2) is 5.95. The first kappa shape index (κ1) is 13.0. The van der Waals surface area contributed by atoms with Gasteiger partial charge in [-0.15, -0.1) is 0 Å². The summed E-state index contributed by atoms with van der Waals surface area (Å²) in [5, 5.41) is 2.74. The van der Waals surface area contributed by atoms with Crippen LogP contribution in [0.25, 0.3) is 0 Å². The van der Waals surface area contributed by atoms with E-state index in [0.29, 0.717) is 5.56 Å². The van der Waals surface area contributed by atoms with Crippen molar-refractivity contribution in [2.24, 2.45) is 0 Å². The Hall–Kier alpha value is -1.43. The predicted molar refractivity (Wildman–Crippen MR) is 77.9 cm³/mol. The van der Waals surface area contributed by atoms with Crippen LogP contribution in [0, 0.1) is 9.39 Å². The van der Waals surface area contributed by atoms with Crippen LogP contribution in [0.2, 0.25) is 0 Å². The van der Waals surface area contributed by atoms with Gasteiger partial charge in [-0.1, -0.05) is 18.2 Å². The first-order valence-corrected chi connectivity index (χ1v) is 6.52. The van der Waals surface area contributed by atoms with Gasteiger partial charge in [-0.2, -0.15) is 0 Å². The van der Waals surface area contributed by atoms with Gasteiger partial charge in [0.05, 0.1) is 6.42 Å². The topological polar surface area (TPSA) is 29.1 Å². The van der Waals surface area contributed by atoms with E-state index in [1.165, 1.54) is 6.07 Å². The lowest BCUT2D eigenvalue weighted by molar-refractivity contribution is -0.115. The van der Waals surface area contributed by atoms with E-state index in [9.17, 15) is 9.18 Å². The molecule has 0 saturated heterocycles. The molecular formula is C14H11FINO. The second-order valence-corrected chi connectivity index (χ2v) is 5.07. The summed E-state index contributed by atoms with van der Waals surface area (Å²) in [6.07, 6.45) is 0.0403. The Morgan fingerprint density at radius 1 is 1.11 bits per heavy atom. The largest absolute Gasteiger partial charge is 0.326 e. The molecule has 4 heteroatoms. The number of anilines is 1. The van der Waals surface area contributed by atoms with E-state index in [-0.39, 0.29) is 18.1 Å². The zero-order chi connectivity index (χ0) is 13.0. The third-order valence-electron chi connectivity index (χ3n) is 2.44. The number of rotatable bonds is 3. The number of hydrogen-bond acceptors (Lipinski definition) is 1. The summed E-state index contributed by atoms with van der Waals surface area (Å²) in [4.78, 5) is 11.7. The van der Waals surface area contributed by atoms with Crippen LogP contribution in [0.15, 0.2) is 48.5 Å². The third-order valence-corrected chi connectivity index (χ3v) is 3.16. The van der Waals surface area contributed by atoms with E-state index in [0.717, 1.165) is 9.26 Å². The van der Waals surface area contributed by atoms with Gasteiger partial charge >= 0.3 is 0 Å². The van der Waals surface area contributed by atoms with Gasteiger partial charge in [-0.25, -0.2) is 4.39 Å². The Bertz CT molecular complexity index is 554. The molecule has 2 nitrogen and oxygen atoms in total. The highest BCUT2D eigenvalue weighted by Gasteiger charge is 2.07. The average molecular weight is 355 g/mol. The maximum Gasteiger partial charge on any atom is 0.228 e. The van der Waals surface area contributed by atoms with Gasteiger partial charge in [0.1, 0.15) is 5.82 Å². The fourth-order valence-electron chi connectivity index (χ4n) is 1.55. The van der Waals surface area contributed by atoms with Crippen LogP contribution in [0.3, 0.4) is 0 Å². The normalized spacial score (nSPS) is 10.1. The van der Waals surface area contributed by atoms with Gasteiger partial charge in [0.2, 0.25) is 5.91 Å². The monoisotopic (exact) mass is 355 g/mol. The van der Waals surface area contributed by atoms with Gasteiger partial charge in [0.15, 0.2) is 0 Å². The van der Waals surface area contributed by atoms with E-state index < -0.39 is 0 Å². The molecule has 92 valence electrons. The molecule has 0 radical (unpaired) electrons. The highest BCUT2D eigenvalue weighted by atomic mass is 127. The Balaban J connectivity index is 2.01. The lowest BCUT2D eigenvalue weighted by atomic mass is 10.1. The number of benzene rings is 2. The van der Waals surface area contributed by atoms with Crippen LogP contribution in [-0.4, -0.2) is 5.91 Å². The molecule has 0 atom stereocenters. The molecule has 2 rings (SSSR count). The quantitative estimate of drug-likeness (QED) is 0.838. The van der Waals surface area contributed by atoms with Crippen molar-refractivity contribution in [3.8, 4) is 0 Å². The number of nitrogens with one attached hydrogen (secondary N) is 1. The van der Waals surface area contributed by atoms with Gasteiger partial charge in [-0.3, -0.25) is 4.79 Å². The third kappa shape index (κ3) is 3.53. The van der Waals surface area contributed by atoms with E-state index in [1.807, 2.05) is 24.3 Å². The Labute approximate surface area is 118 Å². The average Bonchev–Trinajstić information content (AvgIpc) is 2.35. The molecule has 0 unspecified atom stereocenters. The molecule has 2 aromatic carbocycles. The van der Waals surface area contributed by atoms with Gasteiger partial charge in [0.25, 0.3) is 0 Å². The van der Waals surface area contributed by atoms with Gasteiger partial charge in [-0.05, 0) is 58.5 Å². The molecule has 0 aliphatic rings. The van der Waals surface area contributed by atoms with Gasteiger partial charge in [0, 0.05) is 9.26 Å². The summed E-state index contributed by atoms with van der Waals surface area (Å²) < 4.78 is 14.5. The van der Waals surface area contributed by atoms with Crippen molar-refractivity contribution in [1.82, 2.24) is 0 Å². The van der Waals surface area contributed by atoms with Crippen LogP contribution < -0.4 is 5.32 Å². The fourth-order valence-corrected chi connectivity index (χ4v) is 1.91. The molecule has 1 N–H and O–H groups in total. The molecule has 0 bridgehead atoms. The van der Waals surface area contributed by atoms with Crippen LogP contribution >= 0.6 is 22.6 Å². The Kier molecular flexibility index (Phi) is 4.30. The first-order chi connectivity index (χ1) is 8.65. The Morgan fingerprint density at radius 2 is 1.78 bits per heavy atom. The number of amides is 1. The molecule has 1 amide bonds. The lowest BCUT2D eigenvalue weighted by Crippen LogP contribution is -2.15. The van der Waals surface area contributed by atoms with E-state index in [4.69, 9.17) is 0 Å². The first-order valence-electron chi connectivity index (χ1n) is 5.44. The summed E-state index contributed by atoms with van der Waals surface area (Å²) in [6, 6.07) is 13.7. The number of halogens is 2. The van der Waals surface area contributed by atoms with Crippen molar-refractivity contribution < 1.29 is 9.18 Å². The molecular weight excluding hydrogens is 344 g/mol. The molecule has 0 fully saturated rings. The maximum absolute atomic E-state index is 13.4. The summed E-state index contributed by atoms with van der Waals surface area (Å²) in [7, 11) is 0. The van der Waals surface area contributed by atoms with Crippen molar-refractivity contribution in [3.05, 3.63) is 63.5 Å². The van der Waals surface area contributed by atoms with Crippen molar-refractivity contribution >= 4 is 34.2 Å². The molecule has 0 aliphatic heterocycles. The second-order valence-electron chi connectivity index (χ2n) is 3.82. The van der Waals surface area contributed by atoms with E-state index >= 15 is 0 Å². The fraction of sp³-hybridized carbons (Fsp3) is 0.0714. The van der Waals surface area contributed by atoms with Crippen molar-refractivity contribution in [1.29, 1.82) is 0 Å². The molecule has 0 aromatic heterocycles. The summed E-state index contributed by atoms with van der Waals surface area (Å²) >= 11 is 2.19. The minimum atomic E-state index is -0.352. The van der Waals surface area contributed by atoms with Crippen molar-refractivity contribution in [3.63, 3.8) is 0 Å². The summed E-state index contributed by atoms with van der Waals surface area (Å²) in [5.74, 6) is -0.573. The zero-order valence-electron chi connectivity index (χ0n) is 9.49. The highest BCUT2D eigenvalue weighted by molar-refractivity contribution is 14.1. The van der Waals surface area contributed by atoms with E-state index in [1.54, 1.807) is 18.2 Å². The minimum absolute atomic E-state index is 0.0403. The van der Waals surface area contributed by atoms with Crippen LogP contribution in [-0.2, 0) is 11.2 Å². The number of carbonyl (C=O) groups is 1. The van der Waals surface area contributed by atoms with Crippen LogP contribution in [0.5, 0.6) is 0 Å². The number of carbonyl (C=O) groups excluding carboxylic acids is 1. The van der Waals surface area contributed by atoms with Crippen LogP contribution in [0.4, 0.5) is 10.1 Å². The smallest absolute Gasteiger partial charge is 0.228 e. The Morgan fingerprint density at radius 3 is 2.44 bits per heavy atom. The molecule has 0 heterocycles. The molecule has 0 spiro atoms. The summed E-state index contributed by atoms with van der Waals surface area (Å²) in [6.45, 7) is 0. The van der Waals surface area contributed by atoms with Crippen molar-refractivity contribution in [2.45, 2.75) is 6.42 Å². The van der Waals surface area contributed by atoms with E-state index in [2.05, 4.69) is 27.9 Å². The van der Waals surface area contributed by atoms with Crippen LogP contribution in [0.1, 0.15) is 5.56 Å². The highest BCUT2D eigenvalue weighted by Crippen LogP contribution is 2.12. The standard InChI is InChI=1S/C14H11FINO/c15-13-4-2-1-3-10(13)9-14(18)17-12-7-5-11(16)6-8-12/h1-8H,9H2,(H,17,18). The lowest BCUT2D eigenvalue weighted by Gasteiger charge is -2.06. The SMILES string of the molecule is O=C(Cc1ccccc1F)Nc1ccc(I)cc1. The summed E-state index contributed by atoms with van der Waals surface area (Å²) in [5.41, 5.74) is 1.12. The zero-order valence-corrected chi connectivity index (χ0v) is 11.6. The predicted octanol–water partition coefficient (Wildman–Crippen LogP) is 3.61. The minimum Gasteiger partial charge on any atom is -0.326 e. The van der Waals surface area contributed by atoms with Crippen molar-refractivity contribution in [2.75, 3.05) is 5.32 Å². The molecule has 0 aliphatic carbocycles. The maximum atomic E-state index is 13.4. The molecule has 2 aromatic rings. The van der Waals surface area contributed by atoms with Gasteiger partial charge < -0.3 is 5.32 Å². The molecule has 0 saturated carbocycles. The number of hydrogen-bond donors (Lipinski definition) is 1. The molecule has 18 heavy (non-hydrogen) atoms.